The van der Waals surface area contributed by atoms with Gasteiger partial charge in [-0.1, -0.05) is 13.8 Å². The Bertz CT molecular complexity index is 430. The molecule has 1 fully saturated rings. The van der Waals surface area contributed by atoms with Crippen molar-refractivity contribution in [3.05, 3.63) is 18.2 Å². The Kier molecular flexibility index (Phi) is 6.18. The van der Waals surface area contributed by atoms with Crippen molar-refractivity contribution >= 4 is 11.4 Å². The largest absolute Gasteiger partial charge is 0.491 e. The number of rotatable bonds is 8. The predicted molar refractivity (Wildman–Crippen MR) is 90.0 cm³/mol. The van der Waals surface area contributed by atoms with E-state index >= 15 is 0 Å². The minimum Gasteiger partial charge on any atom is -0.491 e. The van der Waals surface area contributed by atoms with Crippen LogP contribution in [0.25, 0.3) is 0 Å². The Balaban J connectivity index is 1.81. The average molecular weight is 291 g/mol. The Labute approximate surface area is 128 Å². The van der Waals surface area contributed by atoms with Gasteiger partial charge in [0.05, 0.1) is 12.3 Å². The Morgan fingerprint density at radius 2 is 2.10 bits per heavy atom. The summed E-state index contributed by atoms with van der Waals surface area (Å²) in [5.74, 6) is 1.43. The first-order valence-corrected chi connectivity index (χ1v) is 8.17. The third-order valence-electron chi connectivity index (χ3n) is 3.90. The van der Waals surface area contributed by atoms with Crippen molar-refractivity contribution in [2.24, 2.45) is 5.92 Å². The van der Waals surface area contributed by atoms with Crippen LogP contribution in [0, 0.1) is 5.92 Å². The first-order chi connectivity index (χ1) is 10.2. The van der Waals surface area contributed by atoms with Gasteiger partial charge in [0.25, 0.3) is 0 Å². The molecule has 0 spiro atoms. The van der Waals surface area contributed by atoms with E-state index in [9.17, 15) is 0 Å². The standard InChI is InChI=1S/C17H29N3O/c1-3-10-21-17-11-15(6-7-16(17)18)19-12-14(2)13-20-8-4-5-9-20/h6-7,11,14,19H,3-5,8-10,12-13,18H2,1-2H3. The van der Waals surface area contributed by atoms with Crippen LogP contribution >= 0.6 is 0 Å². The van der Waals surface area contributed by atoms with Gasteiger partial charge in [0, 0.05) is 24.8 Å². The second-order valence-electron chi connectivity index (χ2n) is 6.09. The van der Waals surface area contributed by atoms with Crippen molar-refractivity contribution in [2.45, 2.75) is 33.1 Å². The van der Waals surface area contributed by atoms with Crippen molar-refractivity contribution < 1.29 is 4.74 Å². The van der Waals surface area contributed by atoms with Crippen molar-refractivity contribution in [2.75, 3.05) is 43.8 Å². The molecule has 4 nitrogen and oxygen atoms in total. The summed E-state index contributed by atoms with van der Waals surface area (Å²) in [5.41, 5.74) is 7.73. The second kappa shape index (κ2) is 8.13. The lowest BCUT2D eigenvalue weighted by atomic mass is 10.1. The summed E-state index contributed by atoms with van der Waals surface area (Å²) in [5, 5.41) is 3.50. The molecule has 0 saturated carbocycles. The summed E-state index contributed by atoms with van der Waals surface area (Å²) in [6.07, 6.45) is 3.70. The van der Waals surface area contributed by atoms with Crippen LogP contribution in [0.3, 0.4) is 0 Å². The molecule has 1 unspecified atom stereocenters. The molecular weight excluding hydrogens is 262 g/mol. The van der Waals surface area contributed by atoms with Crippen LogP contribution in [0.2, 0.25) is 0 Å². The molecule has 1 saturated heterocycles. The van der Waals surface area contributed by atoms with Gasteiger partial charge < -0.3 is 20.7 Å². The van der Waals surface area contributed by atoms with E-state index < -0.39 is 0 Å². The van der Waals surface area contributed by atoms with Crippen molar-refractivity contribution in [3.8, 4) is 5.75 Å². The van der Waals surface area contributed by atoms with E-state index in [0.717, 1.165) is 24.4 Å². The molecule has 21 heavy (non-hydrogen) atoms. The van der Waals surface area contributed by atoms with Gasteiger partial charge in [-0.25, -0.2) is 0 Å². The molecule has 1 aromatic carbocycles. The van der Waals surface area contributed by atoms with Crippen molar-refractivity contribution in [1.29, 1.82) is 0 Å². The number of anilines is 2. The zero-order chi connectivity index (χ0) is 15.1. The maximum absolute atomic E-state index is 5.94. The van der Waals surface area contributed by atoms with Crippen molar-refractivity contribution in [1.82, 2.24) is 4.90 Å². The first-order valence-electron chi connectivity index (χ1n) is 8.17. The molecule has 1 heterocycles. The maximum atomic E-state index is 5.94. The van der Waals surface area contributed by atoms with Crippen LogP contribution in [0.15, 0.2) is 18.2 Å². The number of hydrogen-bond acceptors (Lipinski definition) is 4. The number of nitrogens with two attached hydrogens (primary N) is 1. The average Bonchev–Trinajstić information content (AvgIpc) is 2.98. The first kappa shape index (κ1) is 16.0. The highest BCUT2D eigenvalue weighted by molar-refractivity contribution is 5.61. The van der Waals surface area contributed by atoms with E-state index in [1.807, 2.05) is 18.2 Å². The van der Waals surface area contributed by atoms with E-state index in [4.69, 9.17) is 10.5 Å². The summed E-state index contributed by atoms with van der Waals surface area (Å²) < 4.78 is 5.67. The fourth-order valence-electron chi connectivity index (χ4n) is 2.74. The van der Waals surface area contributed by atoms with Crippen LogP contribution in [0.4, 0.5) is 11.4 Å². The molecular formula is C17H29N3O. The maximum Gasteiger partial charge on any atom is 0.144 e. The van der Waals surface area contributed by atoms with Crippen LogP contribution in [-0.2, 0) is 0 Å². The Morgan fingerprint density at radius 1 is 1.33 bits per heavy atom. The number of nitrogen functional groups attached to an aromatic ring is 1. The van der Waals surface area contributed by atoms with Gasteiger partial charge in [-0.05, 0) is 50.4 Å². The normalized spacial score (nSPS) is 16.9. The number of likely N-dealkylation sites (tertiary alicyclic amines) is 1. The monoisotopic (exact) mass is 291 g/mol. The van der Waals surface area contributed by atoms with E-state index in [1.54, 1.807) is 0 Å². The summed E-state index contributed by atoms with van der Waals surface area (Å²) in [6, 6.07) is 5.95. The zero-order valence-corrected chi connectivity index (χ0v) is 13.4. The summed E-state index contributed by atoms with van der Waals surface area (Å²) >= 11 is 0. The predicted octanol–water partition coefficient (Wildman–Crippen LogP) is 3.20. The lowest BCUT2D eigenvalue weighted by Gasteiger charge is -2.21. The number of benzene rings is 1. The number of hydrogen-bond donors (Lipinski definition) is 2. The summed E-state index contributed by atoms with van der Waals surface area (Å²) in [7, 11) is 0. The number of ether oxygens (including phenoxy) is 1. The van der Waals surface area contributed by atoms with E-state index in [0.29, 0.717) is 18.2 Å². The van der Waals surface area contributed by atoms with Crippen LogP contribution < -0.4 is 15.8 Å². The van der Waals surface area contributed by atoms with Gasteiger partial charge >= 0.3 is 0 Å². The smallest absolute Gasteiger partial charge is 0.144 e. The lowest BCUT2D eigenvalue weighted by Crippen LogP contribution is -2.28. The third kappa shape index (κ3) is 5.12. The highest BCUT2D eigenvalue weighted by Gasteiger charge is 2.14. The molecule has 1 atom stereocenters. The molecule has 118 valence electrons. The number of nitrogens with one attached hydrogen (secondary N) is 1. The van der Waals surface area contributed by atoms with Gasteiger partial charge in [0.2, 0.25) is 0 Å². The number of nitrogens with zero attached hydrogens (tertiary/aromatic N) is 1. The molecule has 1 aromatic rings. The van der Waals surface area contributed by atoms with E-state index in [1.165, 1.54) is 32.5 Å². The fourth-order valence-corrected chi connectivity index (χ4v) is 2.74. The van der Waals surface area contributed by atoms with Crippen LogP contribution in [0.5, 0.6) is 5.75 Å². The van der Waals surface area contributed by atoms with Crippen LogP contribution in [-0.4, -0.2) is 37.7 Å². The minimum absolute atomic E-state index is 0.640. The Hall–Kier alpha value is -1.42. The SMILES string of the molecule is CCCOc1cc(NCC(C)CN2CCCC2)ccc1N. The van der Waals surface area contributed by atoms with Crippen LogP contribution in [0.1, 0.15) is 33.1 Å². The fraction of sp³-hybridized carbons (Fsp3) is 0.647. The molecule has 0 aromatic heterocycles. The Morgan fingerprint density at radius 3 is 2.81 bits per heavy atom. The molecule has 2 rings (SSSR count). The van der Waals surface area contributed by atoms with Gasteiger partial charge in [-0.2, -0.15) is 0 Å². The second-order valence-corrected chi connectivity index (χ2v) is 6.09. The topological polar surface area (TPSA) is 50.5 Å². The quantitative estimate of drug-likeness (QED) is 0.722. The molecule has 4 heteroatoms. The molecule has 1 aliphatic rings. The lowest BCUT2D eigenvalue weighted by molar-refractivity contribution is 0.294. The molecule has 0 radical (unpaired) electrons. The highest BCUT2D eigenvalue weighted by Crippen LogP contribution is 2.25. The zero-order valence-electron chi connectivity index (χ0n) is 13.4. The summed E-state index contributed by atoms with van der Waals surface area (Å²) in [4.78, 5) is 2.56. The van der Waals surface area contributed by atoms with Gasteiger partial charge in [-0.3, -0.25) is 0 Å². The summed E-state index contributed by atoms with van der Waals surface area (Å²) in [6.45, 7) is 9.80. The highest BCUT2D eigenvalue weighted by atomic mass is 16.5. The van der Waals surface area contributed by atoms with Gasteiger partial charge in [-0.15, -0.1) is 0 Å². The van der Waals surface area contributed by atoms with Gasteiger partial charge in [0.1, 0.15) is 5.75 Å². The third-order valence-corrected chi connectivity index (χ3v) is 3.90. The van der Waals surface area contributed by atoms with E-state index in [2.05, 4.69) is 24.1 Å². The van der Waals surface area contributed by atoms with Gasteiger partial charge in [0.15, 0.2) is 0 Å². The molecule has 0 bridgehead atoms. The minimum atomic E-state index is 0.640. The molecule has 3 N–H and O–H groups in total. The van der Waals surface area contributed by atoms with Crippen molar-refractivity contribution in [3.63, 3.8) is 0 Å². The molecule has 0 amide bonds. The van der Waals surface area contributed by atoms with E-state index in [-0.39, 0.29) is 0 Å². The molecule has 0 aliphatic carbocycles. The molecule has 1 aliphatic heterocycles.